The van der Waals surface area contributed by atoms with E-state index in [2.05, 4.69) is 16.8 Å². The molecule has 1 aliphatic rings. The summed E-state index contributed by atoms with van der Waals surface area (Å²) in [6.45, 7) is 8.95. The van der Waals surface area contributed by atoms with Crippen molar-refractivity contribution >= 4 is 0 Å². The van der Waals surface area contributed by atoms with Crippen LogP contribution in [0.4, 0.5) is 0 Å². The minimum absolute atomic E-state index is 0.488. The zero-order valence-electron chi connectivity index (χ0n) is 24.1. The van der Waals surface area contributed by atoms with Gasteiger partial charge in [-0.15, -0.1) is 0 Å². The van der Waals surface area contributed by atoms with Crippen molar-refractivity contribution in [3.8, 4) is 0 Å². The molecule has 5 heteroatoms. The van der Waals surface area contributed by atoms with E-state index < -0.39 is 0 Å². The maximum absolute atomic E-state index is 6.44. The first-order chi connectivity index (χ1) is 17.3. The van der Waals surface area contributed by atoms with Gasteiger partial charge < -0.3 is 24.0 Å². The molecule has 0 spiro atoms. The molecule has 0 aromatic heterocycles. The SMILES string of the molecule is COCCCCCCCCCC(CCCCCCCCCOC)OCCCCN1CCN(C)CC1. The molecule has 0 aromatic carbocycles. The highest BCUT2D eigenvalue weighted by Gasteiger charge is 2.13. The van der Waals surface area contributed by atoms with Crippen LogP contribution in [-0.4, -0.2) is 89.7 Å². The number of hydrogen-bond acceptors (Lipinski definition) is 5. The van der Waals surface area contributed by atoms with Gasteiger partial charge in [-0.3, -0.25) is 0 Å². The molecule has 35 heavy (non-hydrogen) atoms. The molecule has 5 nitrogen and oxygen atoms in total. The molecule has 1 aliphatic heterocycles. The highest BCUT2D eigenvalue weighted by atomic mass is 16.5. The van der Waals surface area contributed by atoms with Crippen LogP contribution in [0.2, 0.25) is 0 Å². The summed E-state index contributed by atoms with van der Waals surface area (Å²) in [5, 5.41) is 0. The zero-order chi connectivity index (χ0) is 25.2. The van der Waals surface area contributed by atoms with Crippen molar-refractivity contribution in [2.75, 3.05) is 73.8 Å². The van der Waals surface area contributed by atoms with Gasteiger partial charge in [-0.1, -0.05) is 77.0 Å². The Morgan fingerprint density at radius 2 is 0.943 bits per heavy atom. The third-order valence-electron chi connectivity index (χ3n) is 7.57. The summed E-state index contributed by atoms with van der Waals surface area (Å²) in [4.78, 5) is 5.06. The van der Waals surface area contributed by atoms with Crippen molar-refractivity contribution in [2.24, 2.45) is 0 Å². The fourth-order valence-electron chi connectivity index (χ4n) is 5.07. The minimum atomic E-state index is 0.488. The van der Waals surface area contributed by atoms with E-state index in [1.165, 1.54) is 148 Å². The van der Waals surface area contributed by atoms with E-state index >= 15 is 0 Å². The molecular formula is C30H62N2O3. The summed E-state index contributed by atoms with van der Waals surface area (Å²) in [6.07, 6.45) is 24.2. The van der Waals surface area contributed by atoms with Crippen LogP contribution in [0.15, 0.2) is 0 Å². The Morgan fingerprint density at radius 3 is 1.43 bits per heavy atom. The summed E-state index contributed by atoms with van der Waals surface area (Å²) in [5.74, 6) is 0. The van der Waals surface area contributed by atoms with Crippen LogP contribution in [0.3, 0.4) is 0 Å². The molecule has 0 saturated carbocycles. The van der Waals surface area contributed by atoms with E-state index in [0.29, 0.717) is 6.10 Å². The minimum Gasteiger partial charge on any atom is -0.385 e. The summed E-state index contributed by atoms with van der Waals surface area (Å²) in [6, 6.07) is 0. The molecule has 0 aliphatic carbocycles. The van der Waals surface area contributed by atoms with E-state index in [1.807, 2.05) is 0 Å². The van der Waals surface area contributed by atoms with Gasteiger partial charge in [-0.2, -0.15) is 0 Å². The molecule has 0 N–H and O–H groups in total. The molecule has 1 fully saturated rings. The summed E-state index contributed by atoms with van der Waals surface area (Å²) in [5.41, 5.74) is 0. The second kappa shape index (κ2) is 25.4. The molecule has 0 aromatic rings. The number of unbranched alkanes of at least 4 members (excludes halogenated alkanes) is 13. The molecule has 1 rings (SSSR count). The fourth-order valence-corrected chi connectivity index (χ4v) is 5.07. The predicted octanol–water partition coefficient (Wildman–Crippen LogP) is 6.93. The second-order valence-corrected chi connectivity index (χ2v) is 10.9. The monoisotopic (exact) mass is 498 g/mol. The predicted molar refractivity (Wildman–Crippen MR) is 151 cm³/mol. The lowest BCUT2D eigenvalue weighted by molar-refractivity contribution is 0.0342. The molecule has 1 heterocycles. The molecular weight excluding hydrogens is 436 g/mol. The molecule has 0 amide bonds. The van der Waals surface area contributed by atoms with Crippen molar-refractivity contribution < 1.29 is 14.2 Å². The van der Waals surface area contributed by atoms with Crippen molar-refractivity contribution in [3.63, 3.8) is 0 Å². The highest BCUT2D eigenvalue weighted by molar-refractivity contribution is 4.69. The van der Waals surface area contributed by atoms with Crippen LogP contribution in [0, 0.1) is 0 Å². The molecule has 0 unspecified atom stereocenters. The van der Waals surface area contributed by atoms with Crippen molar-refractivity contribution in [1.29, 1.82) is 0 Å². The average molecular weight is 499 g/mol. The lowest BCUT2D eigenvalue weighted by Crippen LogP contribution is -2.44. The molecule has 210 valence electrons. The van der Waals surface area contributed by atoms with Gasteiger partial charge in [0.2, 0.25) is 0 Å². The Hall–Kier alpha value is -0.200. The average Bonchev–Trinajstić information content (AvgIpc) is 2.87. The number of piperazine rings is 1. The first-order valence-corrected chi connectivity index (χ1v) is 15.3. The largest absolute Gasteiger partial charge is 0.385 e. The number of methoxy groups -OCH3 is 2. The third-order valence-corrected chi connectivity index (χ3v) is 7.57. The molecule has 0 radical (unpaired) electrons. The summed E-state index contributed by atoms with van der Waals surface area (Å²) >= 11 is 0. The number of ether oxygens (including phenoxy) is 3. The Morgan fingerprint density at radius 1 is 0.514 bits per heavy atom. The standard InChI is InChI=1S/C30H62N2O3/c1-31-23-25-32(26-24-31)22-16-19-29-35-30(20-14-10-6-4-8-12-17-27-33-2)21-15-11-7-5-9-13-18-28-34-3/h30H,4-29H2,1-3H3. The van der Waals surface area contributed by atoms with E-state index in [1.54, 1.807) is 14.2 Å². The normalized spacial score (nSPS) is 15.4. The van der Waals surface area contributed by atoms with Crippen LogP contribution in [0.25, 0.3) is 0 Å². The van der Waals surface area contributed by atoms with Crippen LogP contribution >= 0.6 is 0 Å². The van der Waals surface area contributed by atoms with Gasteiger partial charge in [-0.25, -0.2) is 0 Å². The Kier molecular flexibility index (Phi) is 23.9. The van der Waals surface area contributed by atoms with Crippen LogP contribution in [0.1, 0.15) is 116 Å². The van der Waals surface area contributed by atoms with Crippen molar-refractivity contribution in [1.82, 2.24) is 9.80 Å². The van der Waals surface area contributed by atoms with Crippen LogP contribution in [-0.2, 0) is 14.2 Å². The fraction of sp³-hybridized carbons (Fsp3) is 1.00. The van der Waals surface area contributed by atoms with Gasteiger partial charge in [0.25, 0.3) is 0 Å². The maximum Gasteiger partial charge on any atom is 0.0575 e. The Balaban J connectivity index is 2.11. The zero-order valence-corrected chi connectivity index (χ0v) is 24.1. The van der Waals surface area contributed by atoms with Crippen LogP contribution < -0.4 is 0 Å². The first-order valence-electron chi connectivity index (χ1n) is 15.3. The van der Waals surface area contributed by atoms with E-state index in [-0.39, 0.29) is 0 Å². The molecule has 0 atom stereocenters. The topological polar surface area (TPSA) is 34.2 Å². The van der Waals surface area contributed by atoms with Gasteiger partial charge in [0, 0.05) is 60.2 Å². The quantitative estimate of drug-likeness (QED) is 0.121. The lowest BCUT2D eigenvalue weighted by atomic mass is 10.0. The van der Waals surface area contributed by atoms with E-state index in [0.717, 1.165) is 19.8 Å². The van der Waals surface area contributed by atoms with E-state index in [9.17, 15) is 0 Å². The summed E-state index contributed by atoms with van der Waals surface area (Å²) < 4.78 is 16.7. The third kappa shape index (κ3) is 21.6. The second-order valence-electron chi connectivity index (χ2n) is 10.9. The van der Waals surface area contributed by atoms with E-state index in [4.69, 9.17) is 14.2 Å². The number of hydrogen-bond donors (Lipinski definition) is 0. The van der Waals surface area contributed by atoms with Crippen molar-refractivity contribution in [2.45, 2.75) is 122 Å². The molecule has 0 bridgehead atoms. The summed E-state index contributed by atoms with van der Waals surface area (Å²) in [7, 11) is 5.84. The molecule has 1 saturated heterocycles. The Bertz CT molecular complexity index is 394. The van der Waals surface area contributed by atoms with Gasteiger partial charge in [-0.05, 0) is 52.1 Å². The van der Waals surface area contributed by atoms with Gasteiger partial charge in [0.1, 0.15) is 0 Å². The van der Waals surface area contributed by atoms with Gasteiger partial charge >= 0.3 is 0 Å². The van der Waals surface area contributed by atoms with Gasteiger partial charge in [0.15, 0.2) is 0 Å². The van der Waals surface area contributed by atoms with Crippen molar-refractivity contribution in [3.05, 3.63) is 0 Å². The lowest BCUT2D eigenvalue weighted by Gasteiger charge is -2.32. The number of rotatable bonds is 26. The maximum atomic E-state index is 6.44. The number of likely N-dealkylation sites (N-methyl/N-ethyl adjacent to an activating group) is 1. The smallest absolute Gasteiger partial charge is 0.0575 e. The van der Waals surface area contributed by atoms with Crippen LogP contribution in [0.5, 0.6) is 0 Å². The Labute approximate surface area is 219 Å². The number of nitrogens with zero attached hydrogens (tertiary/aromatic N) is 2. The highest BCUT2D eigenvalue weighted by Crippen LogP contribution is 2.18. The van der Waals surface area contributed by atoms with Gasteiger partial charge in [0.05, 0.1) is 6.10 Å². The first kappa shape index (κ1) is 32.8.